The lowest BCUT2D eigenvalue weighted by molar-refractivity contribution is 0.195. The summed E-state index contributed by atoms with van der Waals surface area (Å²) in [5.74, 6) is 0.821. The zero-order chi connectivity index (χ0) is 23.9. The molecule has 1 atom stereocenters. The Morgan fingerprint density at radius 2 is 1.71 bits per heavy atom. The van der Waals surface area contributed by atoms with Gasteiger partial charge < -0.3 is 14.5 Å². The molecule has 0 aliphatic carbocycles. The third kappa shape index (κ3) is 5.88. The van der Waals surface area contributed by atoms with Crippen LogP contribution in [0.15, 0.2) is 64.0 Å². The lowest BCUT2D eigenvalue weighted by Gasteiger charge is -2.11. The summed E-state index contributed by atoms with van der Waals surface area (Å²) in [6, 6.07) is 16.4. The molecular weight excluding hydrogens is 446 g/mol. The quantitative estimate of drug-likeness (QED) is 0.305. The van der Waals surface area contributed by atoms with Gasteiger partial charge >= 0.3 is 0 Å². The third-order valence-corrected chi connectivity index (χ3v) is 6.56. The molecule has 2 heterocycles. The van der Waals surface area contributed by atoms with Gasteiger partial charge in [-0.2, -0.15) is 0 Å². The molecule has 2 aromatic carbocycles. The van der Waals surface area contributed by atoms with Crippen LogP contribution in [0.2, 0.25) is 0 Å². The fraction of sp³-hybridized carbons (Fsp3) is 0.308. The first kappa shape index (κ1) is 24.1. The van der Waals surface area contributed by atoms with Crippen LogP contribution < -0.4 is 5.32 Å². The van der Waals surface area contributed by atoms with Crippen LogP contribution in [0, 0.1) is 6.92 Å². The average Bonchev–Trinajstić information content (AvgIpc) is 3.34. The number of benzene rings is 2. The lowest BCUT2D eigenvalue weighted by Crippen LogP contribution is -2.04. The highest BCUT2D eigenvalue weighted by atomic mass is 32.2. The lowest BCUT2D eigenvalue weighted by atomic mass is 10.1. The van der Waals surface area contributed by atoms with Gasteiger partial charge in [0, 0.05) is 41.5 Å². The summed E-state index contributed by atoms with van der Waals surface area (Å²) < 4.78 is 11.1. The molecule has 1 unspecified atom stereocenters. The molecule has 0 radical (unpaired) electrons. The van der Waals surface area contributed by atoms with E-state index in [0.717, 1.165) is 42.1 Å². The molecule has 7 nitrogen and oxygen atoms in total. The zero-order valence-electron chi connectivity index (χ0n) is 19.9. The van der Waals surface area contributed by atoms with Crippen molar-refractivity contribution in [3.8, 4) is 34.3 Å². The maximum atomic E-state index is 5.97. The molecule has 0 saturated carbocycles. The van der Waals surface area contributed by atoms with Gasteiger partial charge in [0.1, 0.15) is 5.69 Å². The van der Waals surface area contributed by atoms with Crippen molar-refractivity contribution >= 4 is 11.8 Å². The number of hydrogen-bond donors (Lipinski definition) is 1. The van der Waals surface area contributed by atoms with E-state index in [2.05, 4.69) is 51.7 Å². The molecule has 2 aromatic heterocycles. The fourth-order valence-electron chi connectivity index (χ4n) is 3.48. The molecule has 0 saturated heterocycles. The third-order valence-electron chi connectivity index (χ3n) is 5.38. The molecule has 0 amide bonds. The van der Waals surface area contributed by atoms with Crippen LogP contribution in [-0.4, -0.2) is 46.2 Å². The average molecular weight is 476 g/mol. The maximum absolute atomic E-state index is 5.97. The first-order valence-corrected chi connectivity index (χ1v) is 12.1. The van der Waals surface area contributed by atoms with E-state index in [1.165, 1.54) is 10.5 Å². The van der Waals surface area contributed by atoms with Crippen molar-refractivity contribution in [2.75, 3.05) is 20.8 Å². The Morgan fingerprint density at radius 1 is 1.00 bits per heavy atom. The smallest absolute Gasteiger partial charge is 0.268 e. The number of thioether (sulfide) groups is 1. The fourth-order valence-corrected chi connectivity index (χ4v) is 4.45. The minimum absolute atomic E-state index is 0.361. The normalized spacial score (nSPS) is 12.1. The Balaban J connectivity index is 1.52. The molecule has 0 aliphatic heterocycles. The standard InChI is InChI=1S/C26H29N5O2S/c1-17(13-14-32-4)34-22-11-9-20(10-12-22)23-16-28-18(2)24(29-23)26-31-30-25(33-26)21-7-5-19(6-8-21)15-27-3/h5-12,16-17,27H,13-15H2,1-4H3. The van der Waals surface area contributed by atoms with E-state index in [1.54, 1.807) is 13.3 Å². The van der Waals surface area contributed by atoms with Crippen molar-refractivity contribution in [1.82, 2.24) is 25.5 Å². The number of rotatable bonds is 10. The van der Waals surface area contributed by atoms with Crippen molar-refractivity contribution in [1.29, 1.82) is 0 Å². The second kappa shape index (κ2) is 11.4. The van der Waals surface area contributed by atoms with Gasteiger partial charge in [0.05, 0.1) is 17.6 Å². The van der Waals surface area contributed by atoms with Gasteiger partial charge in [-0.3, -0.25) is 4.98 Å². The van der Waals surface area contributed by atoms with Gasteiger partial charge in [0.25, 0.3) is 5.89 Å². The predicted octanol–water partition coefficient (Wildman–Crippen LogP) is 5.41. The van der Waals surface area contributed by atoms with Gasteiger partial charge in [-0.05, 0) is 50.2 Å². The van der Waals surface area contributed by atoms with Crippen LogP contribution in [0.5, 0.6) is 0 Å². The Hall–Kier alpha value is -3.07. The number of aromatic nitrogens is 4. The molecular formula is C26H29N5O2S. The van der Waals surface area contributed by atoms with E-state index in [-0.39, 0.29) is 0 Å². The summed E-state index contributed by atoms with van der Waals surface area (Å²) in [6.07, 6.45) is 2.79. The SMILES string of the molecule is CNCc1ccc(-c2nnc(-c3nc(-c4ccc(SC(C)CCOC)cc4)cnc3C)o2)cc1. The zero-order valence-corrected chi connectivity index (χ0v) is 20.7. The molecule has 0 aliphatic rings. The van der Waals surface area contributed by atoms with Crippen LogP contribution in [-0.2, 0) is 11.3 Å². The molecule has 8 heteroatoms. The summed E-state index contributed by atoms with van der Waals surface area (Å²) in [7, 11) is 3.66. The van der Waals surface area contributed by atoms with Crippen molar-refractivity contribution in [3.63, 3.8) is 0 Å². The van der Waals surface area contributed by atoms with Crippen molar-refractivity contribution < 1.29 is 9.15 Å². The van der Waals surface area contributed by atoms with Crippen molar-refractivity contribution in [2.45, 2.75) is 37.0 Å². The number of aryl methyl sites for hydroxylation is 1. The topological polar surface area (TPSA) is 86.0 Å². The monoisotopic (exact) mass is 475 g/mol. The van der Waals surface area contributed by atoms with E-state index < -0.39 is 0 Å². The molecule has 0 fully saturated rings. The summed E-state index contributed by atoms with van der Waals surface area (Å²) in [4.78, 5) is 10.6. The summed E-state index contributed by atoms with van der Waals surface area (Å²) in [6.45, 7) is 5.69. The number of nitrogens with one attached hydrogen (secondary N) is 1. The van der Waals surface area contributed by atoms with Crippen LogP contribution in [0.4, 0.5) is 0 Å². The Morgan fingerprint density at radius 3 is 2.41 bits per heavy atom. The second-order valence-electron chi connectivity index (χ2n) is 8.06. The van der Waals surface area contributed by atoms with Gasteiger partial charge in [-0.15, -0.1) is 22.0 Å². The molecule has 4 rings (SSSR count). The van der Waals surface area contributed by atoms with Crippen LogP contribution in [0.1, 0.15) is 24.6 Å². The first-order valence-electron chi connectivity index (χ1n) is 11.2. The van der Waals surface area contributed by atoms with E-state index in [9.17, 15) is 0 Å². The van der Waals surface area contributed by atoms with Gasteiger partial charge in [-0.1, -0.05) is 31.2 Å². The van der Waals surface area contributed by atoms with Crippen LogP contribution >= 0.6 is 11.8 Å². The minimum atomic E-state index is 0.361. The van der Waals surface area contributed by atoms with E-state index >= 15 is 0 Å². The second-order valence-corrected chi connectivity index (χ2v) is 9.58. The van der Waals surface area contributed by atoms with Crippen molar-refractivity contribution in [2.24, 2.45) is 0 Å². The first-order chi connectivity index (χ1) is 16.6. The molecule has 34 heavy (non-hydrogen) atoms. The van der Waals surface area contributed by atoms with E-state index in [1.807, 2.05) is 50.0 Å². The Labute approximate surface area is 204 Å². The largest absolute Gasteiger partial charge is 0.415 e. The maximum Gasteiger partial charge on any atom is 0.268 e. The van der Waals surface area contributed by atoms with E-state index in [0.29, 0.717) is 22.7 Å². The molecule has 0 bridgehead atoms. The van der Waals surface area contributed by atoms with Crippen LogP contribution in [0.3, 0.4) is 0 Å². The molecule has 1 N–H and O–H groups in total. The van der Waals surface area contributed by atoms with Crippen LogP contribution in [0.25, 0.3) is 34.3 Å². The predicted molar refractivity (Wildman–Crippen MR) is 136 cm³/mol. The summed E-state index contributed by atoms with van der Waals surface area (Å²) >= 11 is 1.84. The number of ether oxygens (including phenoxy) is 1. The minimum Gasteiger partial charge on any atom is -0.415 e. The molecule has 4 aromatic rings. The highest BCUT2D eigenvalue weighted by Crippen LogP contribution is 2.29. The summed E-state index contributed by atoms with van der Waals surface area (Å²) in [5.41, 5.74) is 5.14. The highest BCUT2D eigenvalue weighted by molar-refractivity contribution is 7.99. The number of nitrogens with zero attached hydrogens (tertiary/aromatic N) is 4. The number of hydrogen-bond acceptors (Lipinski definition) is 8. The Kier molecular flexibility index (Phi) is 8.05. The highest BCUT2D eigenvalue weighted by Gasteiger charge is 2.16. The number of methoxy groups -OCH3 is 1. The van der Waals surface area contributed by atoms with E-state index in [4.69, 9.17) is 14.1 Å². The Bertz CT molecular complexity index is 1210. The van der Waals surface area contributed by atoms with Gasteiger partial charge in [0.2, 0.25) is 5.89 Å². The summed E-state index contributed by atoms with van der Waals surface area (Å²) in [5, 5.41) is 12.1. The van der Waals surface area contributed by atoms with Gasteiger partial charge in [0.15, 0.2) is 0 Å². The molecule has 0 spiro atoms. The molecule has 176 valence electrons. The van der Waals surface area contributed by atoms with Crippen molar-refractivity contribution in [3.05, 3.63) is 66.0 Å². The van der Waals surface area contributed by atoms with Gasteiger partial charge in [-0.25, -0.2) is 4.98 Å².